The topological polar surface area (TPSA) is 77.6 Å². The van der Waals surface area contributed by atoms with Gasteiger partial charge in [0.1, 0.15) is 5.56 Å². The van der Waals surface area contributed by atoms with E-state index in [-0.39, 0.29) is 16.9 Å². The lowest BCUT2D eigenvalue weighted by Crippen LogP contribution is -2.29. The minimum Gasteiger partial charge on any atom is -0.398 e. The number of hydrogen-bond donors (Lipinski definition) is 1. The molecule has 2 N–H and O–H groups in total. The van der Waals surface area contributed by atoms with E-state index in [4.69, 9.17) is 10.5 Å². The van der Waals surface area contributed by atoms with Crippen molar-refractivity contribution in [1.82, 2.24) is 9.47 Å². The molecule has 0 saturated heterocycles. The first-order valence-electron chi connectivity index (χ1n) is 6.59. The van der Waals surface area contributed by atoms with Crippen LogP contribution in [0.3, 0.4) is 0 Å². The first-order chi connectivity index (χ1) is 9.97. The Kier molecular flexibility index (Phi) is 4.28. The Hall–Kier alpha value is -2.34. The predicted molar refractivity (Wildman–Crippen MR) is 82.5 cm³/mol. The Morgan fingerprint density at radius 3 is 2.71 bits per heavy atom. The van der Waals surface area contributed by atoms with Gasteiger partial charge in [0, 0.05) is 39.6 Å². The van der Waals surface area contributed by atoms with Crippen LogP contribution in [0.1, 0.15) is 10.4 Å². The molecular weight excluding hydrogens is 270 g/mol. The van der Waals surface area contributed by atoms with Crippen molar-refractivity contribution in [3.05, 3.63) is 40.2 Å². The molecule has 0 spiro atoms. The number of nitrogen functional groups attached to an aromatic ring is 1. The summed E-state index contributed by atoms with van der Waals surface area (Å²) in [4.78, 5) is 26.1. The maximum absolute atomic E-state index is 12.5. The van der Waals surface area contributed by atoms with Crippen LogP contribution in [-0.2, 0) is 11.3 Å². The Morgan fingerprint density at radius 1 is 1.38 bits per heavy atom. The first-order valence-corrected chi connectivity index (χ1v) is 6.59. The van der Waals surface area contributed by atoms with Gasteiger partial charge in [-0.25, -0.2) is 0 Å². The van der Waals surface area contributed by atoms with E-state index in [0.717, 1.165) is 0 Å². The maximum Gasteiger partial charge on any atom is 0.258 e. The number of methoxy groups -OCH3 is 1. The van der Waals surface area contributed by atoms with Crippen molar-refractivity contribution in [3.63, 3.8) is 0 Å². The van der Waals surface area contributed by atoms with Crippen LogP contribution < -0.4 is 11.2 Å². The highest BCUT2D eigenvalue weighted by atomic mass is 16.5. The summed E-state index contributed by atoms with van der Waals surface area (Å²) < 4.78 is 6.90. The molecule has 1 aromatic carbocycles. The molecule has 0 saturated carbocycles. The van der Waals surface area contributed by atoms with Crippen molar-refractivity contribution in [2.75, 3.05) is 33.5 Å². The van der Waals surface area contributed by atoms with Gasteiger partial charge in [-0.15, -0.1) is 0 Å². The van der Waals surface area contributed by atoms with E-state index < -0.39 is 0 Å². The molecule has 2 aromatic rings. The monoisotopic (exact) mass is 289 g/mol. The average molecular weight is 289 g/mol. The van der Waals surface area contributed by atoms with Gasteiger partial charge in [0.05, 0.1) is 17.5 Å². The fourth-order valence-corrected chi connectivity index (χ4v) is 2.23. The minimum absolute atomic E-state index is 0.113. The zero-order chi connectivity index (χ0) is 15.6. The first kappa shape index (κ1) is 15.1. The number of aromatic nitrogens is 1. The van der Waals surface area contributed by atoms with E-state index in [2.05, 4.69) is 0 Å². The van der Waals surface area contributed by atoms with Gasteiger partial charge in [0.25, 0.3) is 5.91 Å². The van der Waals surface area contributed by atoms with Gasteiger partial charge in [0.2, 0.25) is 5.43 Å². The van der Waals surface area contributed by atoms with Gasteiger partial charge in [0.15, 0.2) is 0 Å². The number of ether oxygens (including phenoxy) is 1. The molecule has 0 unspecified atom stereocenters. The summed E-state index contributed by atoms with van der Waals surface area (Å²) in [6, 6.07) is 5.26. The number of carbonyl (C=O) groups is 1. The second kappa shape index (κ2) is 5.97. The van der Waals surface area contributed by atoms with Crippen molar-refractivity contribution in [2.45, 2.75) is 6.54 Å². The van der Waals surface area contributed by atoms with E-state index in [9.17, 15) is 9.59 Å². The highest BCUT2D eigenvalue weighted by molar-refractivity contribution is 5.99. The Bertz CT molecular complexity index is 735. The molecule has 0 aliphatic carbocycles. The van der Waals surface area contributed by atoms with Crippen LogP contribution >= 0.6 is 0 Å². The van der Waals surface area contributed by atoms with Gasteiger partial charge >= 0.3 is 0 Å². The van der Waals surface area contributed by atoms with Crippen molar-refractivity contribution in [2.24, 2.45) is 0 Å². The van der Waals surface area contributed by atoms with Gasteiger partial charge in [-0.05, 0) is 12.1 Å². The lowest BCUT2D eigenvalue weighted by molar-refractivity contribution is 0.0825. The van der Waals surface area contributed by atoms with Gasteiger partial charge in [-0.1, -0.05) is 6.07 Å². The number of nitrogens with two attached hydrogens (primary N) is 1. The van der Waals surface area contributed by atoms with Crippen LogP contribution in [0.2, 0.25) is 0 Å². The number of anilines is 1. The summed E-state index contributed by atoms with van der Waals surface area (Å²) in [6.45, 7) is 1.01. The molecule has 21 heavy (non-hydrogen) atoms. The quantitative estimate of drug-likeness (QED) is 0.849. The van der Waals surface area contributed by atoms with Crippen molar-refractivity contribution >= 4 is 22.5 Å². The number of hydrogen-bond acceptors (Lipinski definition) is 4. The number of carbonyl (C=O) groups excluding carboxylic acids is 1. The molecule has 0 bridgehead atoms. The van der Waals surface area contributed by atoms with Crippen molar-refractivity contribution < 1.29 is 9.53 Å². The second-order valence-electron chi connectivity index (χ2n) is 5.00. The highest BCUT2D eigenvalue weighted by Gasteiger charge is 2.18. The van der Waals surface area contributed by atoms with E-state index in [1.807, 2.05) is 10.6 Å². The molecule has 6 heteroatoms. The smallest absolute Gasteiger partial charge is 0.258 e. The molecule has 6 nitrogen and oxygen atoms in total. The maximum atomic E-state index is 12.5. The van der Waals surface area contributed by atoms with E-state index in [1.54, 1.807) is 39.5 Å². The standard InChI is InChI=1S/C15H19N3O3/c1-17(2)15(20)10-9-18(7-8-21-3)12-6-4-5-11(16)13(12)14(10)19/h4-6,9H,7-8,16H2,1-3H3. The number of benzene rings is 1. The summed E-state index contributed by atoms with van der Waals surface area (Å²) >= 11 is 0. The third-order valence-corrected chi connectivity index (χ3v) is 3.31. The van der Waals surface area contributed by atoms with Crippen LogP contribution in [0.15, 0.2) is 29.2 Å². The molecule has 0 radical (unpaired) electrons. The van der Waals surface area contributed by atoms with Crippen molar-refractivity contribution in [3.8, 4) is 0 Å². The number of amides is 1. The lowest BCUT2D eigenvalue weighted by atomic mass is 10.1. The average Bonchev–Trinajstić information content (AvgIpc) is 2.45. The fourth-order valence-electron chi connectivity index (χ4n) is 2.23. The Labute approximate surface area is 122 Å². The highest BCUT2D eigenvalue weighted by Crippen LogP contribution is 2.18. The molecule has 1 aromatic heterocycles. The summed E-state index contributed by atoms with van der Waals surface area (Å²) in [5, 5.41) is 0.376. The Balaban J connectivity index is 2.77. The minimum atomic E-state index is -0.338. The van der Waals surface area contributed by atoms with E-state index in [1.165, 1.54) is 4.90 Å². The van der Waals surface area contributed by atoms with Crippen LogP contribution in [0.5, 0.6) is 0 Å². The van der Waals surface area contributed by atoms with Crippen LogP contribution in [0, 0.1) is 0 Å². The molecule has 2 rings (SSSR count). The van der Waals surface area contributed by atoms with Crippen LogP contribution in [-0.4, -0.2) is 43.2 Å². The Morgan fingerprint density at radius 2 is 2.10 bits per heavy atom. The summed E-state index contributed by atoms with van der Waals surface area (Å²) in [7, 11) is 4.82. The molecular formula is C15H19N3O3. The van der Waals surface area contributed by atoms with Crippen molar-refractivity contribution in [1.29, 1.82) is 0 Å². The van der Waals surface area contributed by atoms with Gasteiger partial charge in [-0.3, -0.25) is 9.59 Å². The zero-order valence-corrected chi connectivity index (χ0v) is 12.4. The third kappa shape index (κ3) is 2.75. The van der Waals surface area contributed by atoms with Gasteiger partial charge < -0.3 is 19.9 Å². The molecule has 1 amide bonds. The number of pyridine rings is 1. The van der Waals surface area contributed by atoms with Crippen LogP contribution in [0.4, 0.5) is 5.69 Å². The molecule has 112 valence electrons. The fraction of sp³-hybridized carbons (Fsp3) is 0.333. The predicted octanol–water partition coefficient (Wildman–Crippen LogP) is 0.932. The second-order valence-corrected chi connectivity index (χ2v) is 5.00. The molecule has 0 aliphatic rings. The number of nitrogens with zero attached hydrogens (tertiary/aromatic N) is 2. The number of rotatable bonds is 4. The number of fused-ring (bicyclic) bond motifs is 1. The molecule has 1 heterocycles. The normalized spacial score (nSPS) is 10.8. The largest absolute Gasteiger partial charge is 0.398 e. The molecule has 0 fully saturated rings. The molecule has 0 atom stereocenters. The third-order valence-electron chi connectivity index (χ3n) is 3.31. The molecule has 0 aliphatic heterocycles. The summed E-state index contributed by atoms with van der Waals surface area (Å²) in [5.41, 5.74) is 6.78. The van der Waals surface area contributed by atoms with E-state index in [0.29, 0.717) is 29.7 Å². The lowest BCUT2D eigenvalue weighted by Gasteiger charge is -2.16. The zero-order valence-electron chi connectivity index (χ0n) is 12.4. The summed E-state index contributed by atoms with van der Waals surface area (Å²) in [5.74, 6) is -0.337. The van der Waals surface area contributed by atoms with Crippen LogP contribution in [0.25, 0.3) is 10.9 Å². The van der Waals surface area contributed by atoms with Gasteiger partial charge in [-0.2, -0.15) is 0 Å². The SMILES string of the molecule is COCCn1cc(C(=O)N(C)C)c(=O)c2c(N)cccc21. The van der Waals surface area contributed by atoms with E-state index >= 15 is 0 Å². The summed E-state index contributed by atoms with van der Waals surface area (Å²) in [6.07, 6.45) is 1.57.